The monoisotopic (exact) mass is 263 g/mol. The third kappa shape index (κ3) is 3.33. The number of rotatable bonds is 4. The molecule has 104 valence electrons. The molecule has 1 N–H and O–H groups in total. The Morgan fingerprint density at radius 2 is 2.26 bits per heavy atom. The van der Waals surface area contributed by atoms with Gasteiger partial charge in [-0.05, 0) is 30.4 Å². The Morgan fingerprint density at radius 1 is 1.47 bits per heavy atom. The van der Waals surface area contributed by atoms with Crippen molar-refractivity contribution in [3.8, 4) is 0 Å². The number of likely N-dealkylation sites (tertiary alicyclic amines) is 1. The van der Waals surface area contributed by atoms with Crippen LogP contribution < -0.4 is 0 Å². The first-order chi connectivity index (χ1) is 9.26. The number of benzene rings is 1. The predicted molar refractivity (Wildman–Crippen MR) is 72.9 cm³/mol. The van der Waals surface area contributed by atoms with Crippen LogP contribution in [0.3, 0.4) is 0 Å². The number of nitrogens with zero attached hydrogens (tertiary/aromatic N) is 1. The van der Waals surface area contributed by atoms with E-state index in [4.69, 9.17) is 4.74 Å². The normalized spacial score (nSPS) is 19.5. The van der Waals surface area contributed by atoms with Gasteiger partial charge in [0.2, 0.25) is 0 Å². The summed E-state index contributed by atoms with van der Waals surface area (Å²) < 4.78 is 5.14. The van der Waals surface area contributed by atoms with Crippen LogP contribution in [-0.2, 0) is 11.3 Å². The molecule has 1 fully saturated rings. The number of aliphatic hydroxyl groups excluding tert-OH is 1. The fourth-order valence-corrected chi connectivity index (χ4v) is 2.58. The zero-order valence-corrected chi connectivity index (χ0v) is 11.3. The maximum atomic E-state index is 12.5. The van der Waals surface area contributed by atoms with Crippen LogP contribution in [-0.4, -0.2) is 42.7 Å². The Morgan fingerprint density at radius 3 is 3.00 bits per heavy atom. The first kappa shape index (κ1) is 14.0. The fourth-order valence-electron chi connectivity index (χ4n) is 2.58. The van der Waals surface area contributed by atoms with Crippen molar-refractivity contribution < 1.29 is 14.6 Å². The summed E-state index contributed by atoms with van der Waals surface area (Å²) in [5.74, 6) is 0.262. The summed E-state index contributed by atoms with van der Waals surface area (Å²) >= 11 is 0. The van der Waals surface area contributed by atoms with E-state index in [1.54, 1.807) is 7.11 Å². The van der Waals surface area contributed by atoms with E-state index in [2.05, 4.69) is 0 Å². The van der Waals surface area contributed by atoms with E-state index < -0.39 is 0 Å². The molecule has 4 heteroatoms. The van der Waals surface area contributed by atoms with Crippen LogP contribution in [0.15, 0.2) is 24.3 Å². The minimum atomic E-state index is 0.0470. The number of hydrogen-bond acceptors (Lipinski definition) is 3. The molecule has 4 nitrogen and oxygen atoms in total. The number of ether oxygens (including phenoxy) is 1. The largest absolute Gasteiger partial charge is 0.396 e. The van der Waals surface area contributed by atoms with Crippen molar-refractivity contribution in [3.63, 3.8) is 0 Å². The standard InChI is InChI=1S/C15H21NO3/c1-19-11-13-6-2-3-7-14(13)15(18)16-8-4-5-12(9-16)10-17/h2-3,6-7,12,17H,4-5,8-11H2,1H3. The summed E-state index contributed by atoms with van der Waals surface area (Å²) in [7, 11) is 1.63. The average molecular weight is 263 g/mol. The van der Waals surface area contributed by atoms with Crippen molar-refractivity contribution >= 4 is 5.91 Å². The van der Waals surface area contributed by atoms with Crippen molar-refractivity contribution in [2.75, 3.05) is 26.8 Å². The van der Waals surface area contributed by atoms with Crippen LogP contribution in [0.5, 0.6) is 0 Å². The number of methoxy groups -OCH3 is 1. The Balaban J connectivity index is 2.14. The molecule has 1 atom stereocenters. The second kappa shape index (κ2) is 6.68. The maximum Gasteiger partial charge on any atom is 0.254 e. The van der Waals surface area contributed by atoms with Gasteiger partial charge < -0.3 is 14.7 Å². The number of amides is 1. The Bertz CT molecular complexity index is 433. The summed E-state index contributed by atoms with van der Waals surface area (Å²) in [6.45, 7) is 2.02. The molecule has 1 heterocycles. The van der Waals surface area contributed by atoms with Gasteiger partial charge >= 0.3 is 0 Å². The molecule has 19 heavy (non-hydrogen) atoms. The van der Waals surface area contributed by atoms with Crippen LogP contribution in [0, 0.1) is 5.92 Å². The van der Waals surface area contributed by atoms with E-state index in [-0.39, 0.29) is 18.4 Å². The van der Waals surface area contributed by atoms with Gasteiger partial charge in [0.25, 0.3) is 5.91 Å². The Hall–Kier alpha value is -1.39. The first-order valence-corrected chi connectivity index (χ1v) is 6.73. The molecule has 0 saturated carbocycles. The van der Waals surface area contributed by atoms with Gasteiger partial charge in [-0.15, -0.1) is 0 Å². The summed E-state index contributed by atoms with van der Waals surface area (Å²) in [6, 6.07) is 7.56. The van der Waals surface area contributed by atoms with Gasteiger partial charge in [0, 0.05) is 32.4 Å². The highest BCUT2D eigenvalue weighted by molar-refractivity contribution is 5.95. The highest BCUT2D eigenvalue weighted by Crippen LogP contribution is 2.20. The lowest BCUT2D eigenvalue weighted by molar-refractivity contribution is 0.0616. The summed E-state index contributed by atoms with van der Waals surface area (Å²) in [5, 5.41) is 9.24. The summed E-state index contributed by atoms with van der Waals surface area (Å²) in [4.78, 5) is 14.4. The van der Waals surface area contributed by atoms with Gasteiger partial charge in [0.15, 0.2) is 0 Å². The lowest BCUT2D eigenvalue weighted by Crippen LogP contribution is -2.41. The van der Waals surface area contributed by atoms with Crippen LogP contribution >= 0.6 is 0 Å². The maximum absolute atomic E-state index is 12.5. The molecule has 0 bridgehead atoms. The molecule has 1 aromatic carbocycles. The molecular weight excluding hydrogens is 242 g/mol. The SMILES string of the molecule is COCc1ccccc1C(=O)N1CCCC(CO)C1. The van der Waals surface area contributed by atoms with Crippen molar-refractivity contribution in [1.29, 1.82) is 0 Å². The van der Waals surface area contributed by atoms with Crippen LogP contribution in [0.2, 0.25) is 0 Å². The molecule has 0 spiro atoms. The Labute approximate surface area is 114 Å². The molecule has 0 aliphatic carbocycles. The average Bonchev–Trinajstić information content (AvgIpc) is 2.47. The van der Waals surface area contributed by atoms with Gasteiger partial charge in [0.1, 0.15) is 0 Å². The second-order valence-electron chi connectivity index (χ2n) is 5.03. The van der Waals surface area contributed by atoms with E-state index in [9.17, 15) is 9.90 Å². The molecule has 1 amide bonds. The van der Waals surface area contributed by atoms with Crippen LogP contribution in [0.25, 0.3) is 0 Å². The van der Waals surface area contributed by atoms with E-state index >= 15 is 0 Å². The van der Waals surface area contributed by atoms with Gasteiger partial charge in [-0.25, -0.2) is 0 Å². The van der Waals surface area contributed by atoms with Crippen molar-refractivity contribution in [1.82, 2.24) is 4.90 Å². The van der Waals surface area contributed by atoms with Crippen molar-refractivity contribution in [2.24, 2.45) is 5.92 Å². The minimum Gasteiger partial charge on any atom is -0.396 e. The van der Waals surface area contributed by atoms with E-state index in [0.29, 0.717) is 18.7 Å². The van der Waals surface area contributed by atoms with Crippen molar-refractivity contribution in [2.45, 2.75) is 19.4 Å². The van der Waals surface area contributed by atoms with Crippen LogP contribution in [0.4, 0.5) is 0 Å². The third-order valence-electron chi connectivity index (χ3n) is 3.61. The zero-order chi connectivity index (χ0) is 13.7. The van der Waals surface area contributed by atoms with Crippen molar-refractivity contribution in [3.05, 3.63) is 35.4 Å². The van der Waals surface area contributed by atoms with E-state index in [1.165, 1.54) is 0 Å². The first-order valence-electron chi connectivity index (χ1n) is 6.73. The lowest BCUT2D eigenvalue weighted by atomic mass is 9.97. The molecule has 1 saturated heterocycles. The lowest BCUT2D eigenvalue weighted by Gasteiger charge is -2.32. The zero-order valence-electron chi connectivity index (χ0n) is 11.3. The van der Waals surface area contributed by atoms with Gasteiger partial charge in [-0.2, -0.15) is 0 Å². The molecular formula is C15H21NO3. The molecule has 1 aromatic rings. The minimum absolute atomic E-state index is 0.0470. The molecule has 1 aliphatic heterocycles. The van der Waals surface area contributed by atoms with Crippen LogP contribution in [0.1, 0.15) is 28.8 Å². The summed E-state index contributed by atoms with van der Waals surface area (Å²) in [5.41, 5.74) is 1.63. The molecule has 0 radical (unpaired) electrons. The number of hydrogen-bond donors (Lipinski definition) is 1. The van der Waals surface area contributed by atoms with Gasteiger partial charge in [-0.3, -0.25) is 4.79 Å². The van der Waals surface area contributed by atoms with Gasteiger partial charge in [0.05, 0.1) is 6.61 Å². The number of aliphatic hydroxyl groups is 1. The predicted octanol–water partition coefficient (Wildman–Crippen LogP) is 1.68. The number of carbonyl (C=O) groups is 1. The summed E-state index contributed by atoms with van der Waals surface area (Å²) in [6.07, 6.45) is 1.96. The number of carbonyl (C=O) groups excluding carboxylic acids is 1. The Kier molecular flexibility index (Phi) is 4.93. The fraction of sp³-hybridized carbons (Fsp3) is 0.533. The molecule has 0 aromatic heterocycles. The van der Waals surface area contributed by atoms with Gasteiger partial charge in [-0.1, -0.05) is 18.2 Å². The molecule has 2 rings (SSSR count). The smallest absolute Gasteiger partial charge is 0.254 e. The van der Waals surface area contributed by atoms with E-state index in [1.807, 2.05) is 29.2 Å². The highest BCUT2D eigenvalue weighted by atomic mass is 16.5. The number of piperidine rings is 1. The molecule has 1 unspecified atom stereocenters. The quantitative estimate of drug-likeness (QED) is 0.899. The second-order valence-corrected chi connectivity index (χ2v) is 5.03. The van der Waals surface area contributed by atoms with E-state index in [0.717, 1.165) is 24.9 Å². The topological polar surface area (TPSA) is 49.8 Å². The molecule has 1 aliphatic rings. The highest BCUT2D eigenvalue weighted by Gasteiger charge is 2.25. The third-order valence-corrected chi connectivity index (χ3v) is 3.61.